The van der Waals surface area contributed by atoms with Crippen molar-refractivity contribution in [3.8, 4) is 0 Å². The number of amides is 2. The van der Waals surface area contributed by atoms with Crippen LogP contribution in [0.15, 0.2) is 41.8 Å². The normalized spacial score (nSPS) is 18.0. The highest BCUT2D eigenvalue weighted by Gasteiger charge is 2.30. The van der Waals surface area contributed by atoms with Crippen LogP contribution in [0.3, 0.4) is 0 Å². The molecule has 2 amide bonds. The summed E-state index contributed by atoms with van der Waals surface area (Å²) in [4.78, 5) is 20.2. The number of nitrogens with zero attached hydrogens (tertiary/aromatic N) is 2. The molecule has 2 aromatic heterocycles. The maximum absolute atomic E-state index is 12.6. The fraction of sp³-hybridized carbons (Fsp3) is 0.250. The van der Waals surface area contributed by atoms with Crippen LogP contribution < -0.4 is 5.32 Å². The Balaban J connectivity index is 1.53. The monoisotopic (exact) mass is 329 g/mol. The van der Waals surface area contributed by atoms with Gasteiger partial charge in [0.2, 0.25) is 0 Å². The molecular weight excluding hydrogens is 314 g/mol. The summed E-state index contributed by atoms with van der Waals surface area (Å²) in [6.45, 7) is 0.805. The number of aromatic nitrogens is 1. The average Bonchev–Trinajstić information content (AvgIpc) is 3.25. The van der Waals surface area contributed by atoms with Crippen molar-refractivity contribution in [2.24, 2.45) is 0 Å². The molecule has 0 unspecified atom stereocenters. The largest absolute Gasteiger partial charge is 0.324 e. The van der Waals surface area contributed by atoms with Crippen molar-refractivity contribution in [3.05, 3.63) is 46.7 Å². The van der Waals surface area contributed by atoms with Gasteiger partial charge in [-0.05, 0) is 36.4 Å². The standard InChI is InChI=1S/C16H15N3OS2/c20-16(18-15-17-11-5-1-2-7-13(11)22-15)19-9-3-6-12(19)14-8-4-10-21-14/h1-2,4-5,7-8,10,12H,3,6,9H2,(H,17,18,20)/t12-/m1/s1. The second kappa shape index (κ2) is 5.70. The molecular formula is C16H15N3OS2. The summed E-state index contributed by atoms with van der Waals surface area (Å²) in [6.07, 6.45) is 2.09. The van der Waals surface area contributed by atoms with Crippen molar-refractivity contribution < 1.29 is 4.79 Å². The molecule has 0 bridgehead atoms. The van der Waals surface area contributed by atoms with Gasteiger partial charge in [0, 0.05) is 11.4 Å². The van der Waals surface area contributed by atoms with Crippen LogP contribution in [-0.4, -0.2) is 22.5 Å². The molecule has 22 heavy (non-hydrogen) atoms. The zero-order valence-electron chi connectivity index (χ0n) is 11.9. The number of urea groups is 1. The molecule has 0 saturated carbocycles. The second-order valence-corrected chi connectivity index (χ2v) is 7.29. The van der Waals surface area contributed by atoms with Crippen LogP contribution in [0.2, 0.25) is 0 Å². The highest BCUT2D eigenvalue weighted by atomic mass is 32.1. The number of benzene rings is 1. The lowest BCUT2D eigenvalue weighted by molar-refractivity contribution is 0.208. The van der Waals surface area contributed by atoms with Crippen LogP contribution in [-0.2, 0) is 0 Å². The summed E-state index contributed by atoms with van der Waals surface area (Å²) in [5, 5.41) is 5.70. The van der Waals surface area contributed by atoms with Gasteiger partial charge in [0.25, 0.3) is 0 Å². The van der Waals surface area contributed by atoms with Gasteiger partial charge in [0.15, 0.2) is 5.13 Å². The maximum atomic E-state index is 12.6. The van der Waals surface area contributed by atoms with Gasteiger partial charge in [0.05, 0.1) is 16.3 Å². The number of thiophene rings is 1. The van der Waals surface area contributed by atoms with E-state index in [1.54, 1.807) is 11.3 Å². The predicted octanol–water partition coefficient (Wildman–Crippen LogP) is 4.73. The SMILES string of the molecule is O=C(Nc1nc2ccccc2s1)N1CCC[C@@H]1c1cccs1. The number of carbonyl (C=O) groups is 1. The van der Waals surface area contributed by atoms with E-state index < -0.39 is 0 Å². The first-order valence-electron chi connectivity index (χ1n) is 7.28. The lowest BCUT2D eigenvalue weighted by Gasteiger charge is -2.23. The quantitative estimate of drug-likeness (QED) is 0.739. The first kappa shape index (κ1) is 13.7. The van der Waals surface area contributed by atoms with Crippen molar-refractivity contribution in [2.45, 2.75) is 18.9 Å². The van der Waals surface area contributed by atoms with Gasteiger partial charge in [-0.3, -0.25) is 5.32 Å². The Morgan fingerprint density at radius 1 is 1.27 bits per heavy atom. The molecule has 1 aliphatic rings. The minimum absolute atomic E-state index is 0.0463. The van der Waals surface area contributed by atoms with Gasteiger partial charge in [-0.15, -0.1) is 11.3 Å². The minimum atomic E-state index is -0.0463. The summed E-state index contributed by atoms with van der Waals surface area (Å²) < 4.78 is 1.09. The van der Waals surface area contributed by atoms with Gasteiger partial charge in [0.1, 0.15) is 0 Å². The molecule has 0 aliphatic carbocycles. The van der Waals surface area contributed by atoms with Crippen LogP contribution in [0.25, 0.3) is 10.2 Å². The molecule has 4 nitrogen and oxygen atoms in total. The number of rotatable bonds is 2. The fourth-order valence-corrected chi connectivity index (χ4v) is 4.60. The first-order chi connectivity index (χ1) is 10.8. The summed E-state index contributed by atoms with van der Waals surface area (Å²) in [7, 11) is 0. The van der Waals surface area contributed by atoms with Crippen molar-refractivity contribution in [2.75, 3.05) is 11.9 Å². The van der Waals surface area contributed by atoms with E-state index in [4.69, 9.17) is 0 Å². The molecule has 0 spiro atoms. The van der Waals surface area contributed by atoms with Gasteiger partial charge < -0.3 is 4.90 Å². The molecule has 6 heteroatoms. The van der Waals surface area contributed by atoms with Crippen molar-refractivity contribution in [3.63, 3.8) is 0 Å². The third-order valence-corrected chi connectivity index (χ3v) is 5.82. The van der Waals surface area contributed by atoms with E-state index in [2.05, 4.69) is 21.7 Å². The van der Waals surface area contributed by atoms with E-state index in [-0.39, 0.29) is 12.1 Å². The highest BCUT2D eigenvalue weighted by molar-refractivity contribution is 7.22. The summed E-state index contributed by atoms with van der Waals surface area (Å²) in [6, 6.07) is 12.2. The number of fused-ring (bicyclic) bond motifs is 1. The Bertz CT molecular complexity index is 764. The van der Waals surface area contributed by atoms with Crippen LogP contribution in [0.5, 0.6) is 0 Å². The Hall–Kier alpha value is -1.92. The van der Waals surface area contributed by atoms with Crippen LogP contribution in [0.4, 0.5) is 9.93 Å². The maximum Gasteiger partial charge on any atom is 0.324 e. The molecule has 1 N–H and O–H groups in total. The average molecular weight is 329 g/mol. The molecule has 112 valence electrons. The third kappa shape index (κ3) is 2.48. The van der Waals surface area contributed by atoms with E-state index >= 15 is 0 Å². The van der Waals surface area contributed by atoms with E-state index in [1.807, 2.05) is 35.2 Å². The molecule has 1 aromatic carbocycles. The fourth-order valence-electron chi connectivity index (χ4n) is 2.88. The number of nitrogens with one attached hydrogen (secondary N) is 1. The third-order valence-electron chi connectivity index (χ3n) is 3.89. The molecule has 1 atom stereocenters. The van der Waals surface area contributed by atoms with Gasteiger partial charge in [-0.25, -0.2) is 9.78 Å². The van der Waals surface area contributed by atoms with E-state index in [0.717, 1.165) is 29.6 Å². The number of hydrogen-bond donors (Lipinski definition) is 1. The number of para-hydroxylation sites is 1. The summed E-state index contributed by atoms with van der Waals surface area (Å²) >= 11 is 3.23. The topological polar surface area (TPSA) is 45.2 Å². The van der Waals surface area contributed by atoms with Gasteiger partial charge in [-0.1, -0.05) is 29.5 Å². The van der Waals surface area contributed by atoms with Crippen LogP contribution in [0, 0.1) is 0 Å². The van der Waals surface area contributed by atoms with Gasteiger partial charge >= 0.3 is 6.03 Å². The first-order valence-corrected chi connectivity index (χ1v) is 8.97. The Morgan fingerprint density at radius 2 is 2.18 bits per heavy atom. The Morgan fingerprint density at radius 3 is 3.00 bits per heavy atom. The zero-order valence-corrected chi connectivity index (χ0v) is 13.5. The van der Waals surface area contributed by atoms with E-state index in [0.29, 0.717) is 5.13 Å². The molecule has 1 aliphatic heterocycles. The lowest BCUT2D eigenvalue weighted by Crippen LogP contribution is -2.34. The molecule has 1 fully saturated rings. The molecule has 4 rings (SSSR count). The lowest BCUT2D eigenvalue weighted by atomic mass is 10.2. The van der Waals surface area contributed by atoms with E-state index in [9.17, 15) is 4.79 Å². The predicted molar refractivity (Wildman–Crippen MR) is 91.6 cm³/mol. The summed E-state index contributed by atoms with van der Waals surface area (Å²) in [5.74, 6) is 0. The number of anilines is 1. The summed E-state index contributed by atoms with van der Waals surface area (Å²) in [5.41, 5.74) is 0.930. The van der Waals surface area contributed by atoms with Crippen molar-refractivity contribution in [1.29, 1.82) is 0 Å². The molecule has 3 aromatic rings. The Labute approximate surface area is 136 Å². The van der Waals surface area contributed by atoms with Crippen molar-refractivity contribution >= 4 is 44.1 Å². The second-order valence-electron chi connectivity index (χ2n) is 5.28. The number of hydrogen-bond acceptors (Lipinski definition) is 4. The smallest absolute Gasteiger partial charge is 0.317 e. The molecule has 3 heterocycles. The highest BCUT2D eigenvalue weighted by Crippen LogP contribution is 2.35. The van der Waals surface area contributed by atoms with Crippen LogP contribution >= 0.6 is 22.7 Å². The molecule has 0 radical (unpaired) electrons. The minimum Gasteiger partial charge on any atom is -0.317 e. The number of thiazole rings is 1. The number of likely N-dealkylation sites (tertiary alicyclic amines) is 1. The van der Waals surface area contributed by atoms with Gasteiger partial charge in [-0.2, -0.15) is 0 Å². The Kier molecular flexibility index (Phi) is 3.56. The van der Waals surface area contributed by atoms with Crippen LogP contribution in [0.1, 0.15) is 23.8 Å². The molecule has 1 saturated heterocycles. The number of carbonyl (C=O) groups excluding carboxylic acids is 1. The zero-order chi connectivity index (χ0) is 14.9. The van der Waals surface area contributed by atoms with Crippen molar-refractivity contribution in [1.82, 2.24) is 9.88 Å². The van der Waals surface area contributed by atoms with E-state index in [1.165, 1.54) is 16.2 Å².